The Morgan fingerprint density at radius 3 is 2.50 bits per heavy atom. The van der Waals surface area contributed by atoms with Gasteiger partial charge in [0, 0.05) is 25.3 Å². The standard InChI is InChI=1S/C19H19F5N8/c20-15(21)9-32-17-13(5-27-32)26-6-16(30-17)28-12-3-10-7-31(8-11(10)4-12)18-25-2-1-14(29-18)19(22,23)24/h1-2,5-6,10-12,15H,3-4,7-9H2,(H,28,30)/t10-,11+,12?. The van der Waals surface area contributed by atoms with E-state index in [1.54, 1.807) is 11.1 Å². The Bertz CT molecular complexity index is 1100. The molecule has 1 aliphatic carbocycles. The van der Waals surface area contributed by atoms with Crippen molar-refractivity contribution in [2.24, 2.45) is 11.8 Å². The quantitative estimate of drug-likeness (QED) is 0.593. The molecule has 5 rings (SSSR count). The molecule has 13 heteroatoms. The van der Waals surface area contributed by atoms with E-state index in [1.165, 1.54) is 6.20 Å². The lowest BCUT2D eigenvalue weighted by molar-refractivity contribution is -0.141. The van der Waals surface area contributed by atoms with Crippen LogP contribution in [0.25, 0.3) is 11.2 Å². The van der Waals surface area contributed by atoms with Crippen molar-refractivity contribution in [3.05, 3.63) is 30.4 Å². The molecule has 3 aromatic heterocycles. The first kappa shape index (κ1) is 20.8. The summed E-state index contributed by atoms with van der Waals surface area (Å²) in [5, 5.41) is 7.22. The number of aromatic nitrogens is 6. The van der Waals surface area contributed by atoms with Gasteiger partial charge in [-0.25, -0.2) is 33.4 Å². The highest BCUT2D eigenvalue weighted by atomic mass is 19.4. The van der Waals surface area contributed by atoms with Gasteiger partial charge in [-0.3, -0.25) is 0 Å². The van der Waals surface area contributed by atoms with Gasteiger partial charge in [-0.05, 0) is 30.7 Å². The molecule has 4 heterocycles. The fraction of sp³-hybridized carbons (Fsp3) is 0.526. The van der Waals surface area contributed by atoms with E-state index in [9.17, 15) is 22.0 Å². The maximum Gasteiger partial charge on any atom is 0.433 e. The number of halogens is 5. The predicted octanol–water partition coefficient (Wildman–Crippen LogP) is 3.23. The molecule has 0 amide bonds. The zero-order valence-corrected chi connectivity index (χ0v) is 16.7. The molecule has 1 aliphatic heterocycles. The summed E-state index contributed by atoms with van der Waals surface area (Å²) < 4.78 is 65.4. The van der Waals surface area contributed by atoms with Crippen LogP contribution >= 0.6 is 0 Å². The van der Waals surface area contributed by atoms with Gasteiger partial charge in [0.15, 0.2) is 5.65 Å². The summed E-state index contributed by atoms with van der Waals surface area (Å²) in [5.74, 6) is 1.15. The Kier molecular flexibility index (Phi) is 5.05. The van der Waals surface area contributed by atoms with E-state index >= 15 is 0 Å². The summed E-state index contributed by atoms with van der Waals surface area (Å²) >= 11 is 0. The Labute approximate surface area is 178 Å². The predicted molar refractivity (Wildman–Crippen MR) is 104 cm³/mol. The minimum absolute atomic E-state index is 0.0994. The number of alkyl halides is 5. The van der Waals surface area contributed by atoms with E-state index in [2.05, 4.69) is 30.4 Å². The lowest BCUT2D eigenvalue weighted by Gasteiger charge is -2.20. The first-order valence-corrected chi connectivity index (χ1v) is 10.1. The molecule has 8 nitrogen and oxygen atoms in total. The fourth-order valence-corrected chi connectivity index (χ4v) is 4.63. The zero-order valence-electron chi connectivity index (χ0n) is 16.7. The second-order valence-corrected chi connectivity index (χ2v) is 8.16. The number of fused-ring (bicyclic) bond motifs is 2. The van der Waals surface area contributed by atoms with Gasteiger partial charge in [-0.1, -0.05) is 0 Å². The SMILES string of the molecule is FC(F)Cn1ncc2ncc(NC3C[C@@H]4CN(c5nccc(C(F)(F)F)n5)C[C@@H]4C3)nc21. The number of anilines is 2. The molecule has 3 atom stereocenters. The molecule has 170 valence electrons. The third-order valence-electron chi connectivity index (χ3n) is 5.98. The van der Waals surface area contributed by atoms with Gasteiger partial charge in [-0.15, -0.1) is 0 Å². The average Bonchev–Trinajstić information content (AvgIpc) is 3.41. The first-order valence-electron chi connectivity index (χ1n) is 10.1. The number of rotatable bonds is 5. The van der Waals surface area contributed by atoms with Gasteiger partial charge < -0.3 is 10.2 Å². The summed E-state index contributed by atoms with van der Waals surface area (Å²) in [6, 6.07) is 0.971. The molecular weight excluding hydrogens is 435 g/mol. The van der Waals surface area contributed by atoms with Gasteiger partial charge in [0.05, 0.1) is 12.4 Å². The largest absolute Gasteiger partial charge is 0.433 e. The lowest BCUT2D eigenvalue weighted by atomic mass is 10.0. The van der Waals surface area contributed by atoms with Crippen molar-refractivity contribution in [3.63, 3.8) is 0 Å². The van der Waals surface area contributed by atoms with Crippen LogP contribution in [0.15, 0.2) is 24.7 Å². The van der Waals surface area contributed by atoms with Crippen LogP contribution in [0.1, 0.15) is 18.5 Å². The second-order valence-electron chi connectivity index (χ2n) is 8.16. The summed E-state index contributed by atoms with van der Waals surface area (Å²) in [7, 11) is 0. The van der Waals surface area contributed by atoms with Gasteiger partial charge >= 0.3 is 6.18 Å². The summed E-state index contributed by atoms with van der Waals surface area (Å²) in [6.45, 7) is 0.606. The number of nitrogens with zero attached hydrogens (tertiary/aromatic N) is 7. The Morgan fingerprint density at radius 1 is 1.06 bits per heavy atom. The van der Waals surface area contributed by atoms with E-state index in [1.807, 2.05) is 0 Å². The minimum Gasteiger partial charge on any atom is -0.366 e. The molecule has 0 aromatic carbocycles. The second kappa shape index (κ2) is 7.78. The van der Waals surface area contributed by atoms with Crippen LogP contribution in [0.2, 0.25) is 0 Å². The smallest absolute Gasteiger partial charge is 0.366 e. The lowest BCUT2D eigenvalue weighted by Crippen LogP contribution is -2.27. The number of hydrogen-bond acceptors (Lipinski definition) is 7. The van der Waals surface area contributed by atoms with E-state index in [-0.39, 0.29) is 23.8 Å². The fourth-order valence-electron chi connectivity index (χ4n) is 4.63. The van der Waals surface area contributed by atoms with Gasteiger partial charge in [0.25, 0.3) is 6.43 Å². The van der Waals surface area contributed by atoms with E-state index in [0.717, 1.165) is 29.8 Å². The zero-order chi connectivity index (χ0) is 22.5. The average molecular weight is 454 g/mol. The highest BCUT2D eigenvalue weighted by molar-refractivity contribution is 5.71. The highest BCUT2D eigenvalue weighted by Gasteiger charge is 2.42. The molecule has 1 N–H and O–H groups in total. The molecule has 32 heavy (non-hydrogen) atoms. The third-order valence-corrected chi connectivity index (χ3v) is 5.98. The van der Waals surface area contributed by atoms with Crippen LogP contribution in [0.3, 0.4) is 0 Å². The van der Waals surface area contributed by atoms with Crippen molar-refractivity contribution < 1.29 is 22.0 Å². The normalized spacial score (nSPS) is 23.3. The molecule has 1 saturated heterocycles. The van der Waals surface area contributed by atoms with Crippen molar-refractivity contribution in [1.82, 2.24) is 29.7 Å². The maximum absolute atomic E-state index is 12.9. The van der Waals surface area contributed by atoms with Crippen molar-refractivity contribution in [3.8, 4) is 0 Å². The molecule has 2 aliphatic rings. The molecular formula is C19H19F5N8. The first-order chi connectivity index (χ1) is 15.3. The van der Waals surface area contributed by atoms with Crippen LogP contribution in [0.5, 0.6) is 0 Å². The van der Waals surface area contributed by atoms with Crippen molar-refractivity contribution >= 4 is 22.9 Å². The van der Waals surface area contributed by atoms with Gasteiger partial charge in [0.2, 0.25) is 5.95 Å². The van der Waals surface area contributed by atoms with Crippen molar-refractivity contribution in [1.29, 1.82) is 0 Å². The monoisotopic (exact) mass is 454 g/mol. The van der Waals surface area contributed by atoms with Crippen LogP contribution in [0.4, 0.5) is 33.7 Å². The van der Waals surface area contributed by atoms with E-state index in [4.69, 9.17) is 0 Å². The molecule has 0 bridgehead atoms. The summed E-state index contributed by atoms with van der Waals surface area (Å²) in [4.78, 5) is 18.1. The van der Waals surface area contributed by atoms with Gasteiger partial charge in [-0.2, -0.15) is 18.3 Å². The Hall–Kier alpha value is -3.12. The van der Waals surface area contributed by atoms with Crippen LogP contribution in [-0.2, 0) is 12.7 Å². The molecule has 0 radical (unpaired) electrons. The highest BCUT2D eigenvalue weighted by Crippen LogP contribution is 2.40. The molecule has 0 spiro atoms. The molecule has 2 fully saturated rings. The molecule has 1 unspecified atom stereocenters. The van der Waals surface area contributed by atoms with Gasteiger partial charge in [0.1, 0.15) is 23.6 Å². The molecule has 1 saturated carbocycles. The maximum atomic E-state index is 12.9. The molecule has 3 aromatic rings. The van der Waals surface area contributed by atoms with Crippen LogP contribution < -0.4 is 10.2 Å². The number of nitrogens with one attached hydrogen (secondary N) is 1. The summed E-state index contributed by atoms with van der Waals surface area (Å²) in [6.07, 6.45) is -1.36. The van der Waals surface area contributed by atoms with E-state index in [0.29, 0.717) is 30.1 Å². The van der Waals surface area contributed by atoms with Crippen LogP contribution in [-0.4, -0.2) is 55.3 Å². The third kappa shape index (κ3) is 4.02. The Morgan fingerprint density at radius 2 is 1.81 bits per heavy atom. The number of hydrogen-bond donors (Lipinski definition) is 1. The van der Waals surface area contributed by atoms with Crippen molar-refractivity contribution in [2.45, 2.75) is 38.0 Å². The summed E-state index contributed by atoms with van der Waals surface area (Å²) in [5.41, 5.74) is -0.211. The van der Waals surface area contributed by atoms with E-state index < -0.39 is 24.8 Å². The topological polar surface area (TPSA) is 84.7 Å². The Balaban J connectivity index is 1.23. The minimum atomic E-state index is -4.50. The van der Waals surface area contributed by atoms with Crippen LogP contribution in [0, 0.1) is 11.8 Å². The van der Waals surface area contributed by atoms with Crippen molar-refractivity contribution in [2.75, 3.05) is 23.3 Å².